The van der Waals surface area contributed by atoms with Crippen LogP contribution in [0.25, 0.3) is 0 Å². The summed E-state index contributed by atoms with van der Waals surface area (Å²) in [6, 6.07) is -0.530. The summed E-state index contributed by atoms with van der Waals surface area (Å²) in [7, 11) is 0. The fraction of sp³-hybridized carbons (Fsp3) is 0.700. The second kappa shape index (κ2) is 5.02. The normalized spacial score (nSPS) is 19.8. The van der Waals surface area contributed by atoms with Crippen molar-refractivity contribution in [3.05, 3.63) is 12.7 Å². The van der Waals surface area contributed by atoms with Crippen molar-refractivity contribution in [1.82, 2.24) is 0 Å². The SMILES string of the molecule is C=CCC(N)C(=O)OC1CCCC1. The lowest BCUT2D eigenvalue weighted by Crippen LogP contribution is -2.33. The highest BCUT2D eigenvalue weighted by Crippen LogP contribution is 2.21. The molecular weight excluding hydrogens is 166 g/mol. The van der Waals surface area contributed by atoms with Crippen LogP contribution in [0.2, 0.25) is 0 Å². The third kappa shape index (κ3) is 3.19. The van der Waals surface area contributed by atoms with Crippen molar-refractivity contribution in [2.24, 2.45) is 5.73 Å². The molecule has 0 heterocycles. The minimum atomic E-state index is -0.530. The van der Waals surface area contributed by atoms with Gasteiger partial charge in [-0.3, -0.25) is 4.79 Å². The lowest BCUT2D eigenvalue weighted by Gasteiger charge is -2.14. The molecule has 1 unspecified atom stereocenters. The third-order valence-electron chi connectivity index (χ3n) is 2.31. The van der Waals surface area contributed by atoms with Crippen molar-refractivity contribution in [1.29, 1.82) is 0 Å². The Balaban J connectivity index is 2.26. The Morgan fingerprint density at radius 3 is 2.77 bits per heavy atom. The van der Waals surface area contributed by atoms with E-state index in [1.54, 1.807) is 6.08 Å². The molecular formula is C10H17NO2. The van der Waals surface area contributed by atoms with Crippen LogP contribution in [0.1, 0.15) is 32.1 Å². The molecule has 1 atom stereocenters. The summed E-state index contributed by atoms with van der Waals surface area (Å²) in [5.41, 5.74) is 5.56. The molecule has 0 aromatic heterocycles. The average Bonchev–Trinajstić information content (AvgIpc) is 2.57. The zero-order chi connectivity index (χ0) is 9.68. The van der Waals surface area contributed by atoms with Gasteiger partial charge in [-0.05, 0) is 32.1 Å². The van der Waals surface area contributed by atoms with Gasteiger partial charge in [0, 0.05) is 0 Å². The molecule has 0 amide bonds. The molecule has 0 spiro atoms. The van der Waals surface area contributed by atoms with E-state index in [1.165, 1.54) is 0 Å². The van der Waals surface area contributed by atoms with E-state index in [0.717, 1.165) is 25.7 Å². The smallest absolute Gasteiger partial charge is 0.323 e. The second-order valence-electron chi connectivity index (χ2n) is 3.47. The van der Waals surface area contributed by atoms with Crippen molar-refractivity contribution >= 4 is 5.97 Å². The van der Waals surface area contributed by atoms with Gasteiger partial charge < -0.3 is 10.5 Å². The number of nitrogens with two attached hydrogens (primary N) is 1. The Kier molecular flexibility index (Phi) is 3.96. The number of carbonyl (C=O) groups is 1. The molecule has 1 fully saturated rings. The van der Waals surface area contributed by atoms with Crippen LogP contribution in [-0.4, -0.2) is 18.1 Å². The molecule has 3 heteroatoms. The molecule has 2 N–H and O–H groups in total. The van der Waals surface area contributed by atoms with Gasteiger partial charge in [0.05, 0.1) is 0 Å². The minimum Gasteiger partial charge on any atom is -0.461 e. The molecule has 1 aliphatic rings. The molecule has 1 saturated carbocycles. The predicted octanol–water partition coefficient (Wildman–Crippen LogP) is 1.38. The van der Waals surface area contributed by atoms with E-state index in [9.17, 15) is 4.79 Å². The first kappa shape index (κ1) is 10.3. The number of hydrogen-bond acceptors (Lipinski definition) is 3. The third-order valence-corrected chi connectivity index (χ3v) is 2.31. The predicted molar refractivity (Wildman–Crippen MR) is 51.1 cm³/mol. The lowest BCUT2D eigenvalue weighted by molar-refractivity contribution is -0.150. The number of hydrogen-bond donors (Lipinski definition) is 1. The first-order valence-electron chi connectivity index (χ1n) is 4.81. The van der Waals surface area contributed by atoms with Gasteiger partial charge in [-0.1, -0.05) is 6.08 Å². The molecule has 0 aromatic carbocycles. The topological polar surface area (TPSA) is 52.3 Å². The lowest BCUT2D eigenvalue weighted by atomic mass is 10.2. The van der Waals surface area contributed by atoms with Gasteiger partial charge in [0.1, 0.15) is 12.1 Å². The van der Waals surface area contributed by atoms with Crippen LogP contribution in [0.3, 0.4) is 0 Å². The number of ether oxygens (including phenoxy) is 1. The van der Waals surface area contributed by atoms with E-state index in [4.69, 9.17) is 10.5 Å². The van der Waals surface area contributed by atoms with Crippen LogP contribution in [0.4, 0.5) is 0 Å². The molecule has 1 rings (SSSR count). The molecule has 74 valence electrons. The Morgan fingerprint density at radius 2 is 2.23 bits per heavy atom. The van der Waals surface area contributed by atoms with E-state index in [1.807, 2.05) is 0 Å². The van der Waals surface area contributed by atoms with E-state index >= 15 is 0 Å². The molecule has 13 heavy (non-hydrogen) atoms. The summed E-state index contributed by atoms with van der Waals surface area (Å²) in [5.74, 6) is -0.285. The molecule has 1 aliphatic carbocycles. The second-order valence-corrected chi connectivity index (χ2v) is 3.47. The number of esters is 1. The standard InChI is InChI=1S/C10H17NO2/c1-2-5-9(11)10(12)13-8-6-3-4-7-8/h2,8-9H,1,3-7,11H2. The zero-order valence-electron chi connectivity index (χ0n) is 7.87. The summed E-state index contributed by atoms with van der Waals surface area (Å²) >= 11 is 0. The van der Waals surface area contributed by atoms with Crippen LogP contribution in [-0.2, 0) is 9.53 Å². The number of carbonyl (C=O) groups excluding carboxylic acids is 1. The van der Waals surface area contributed by atoms with E-state index in [0.29, 0.717) is 6.42 Å². The van der Waals surface area contributed by atoms with Crippen molar-refractivity contribution in [2.45, 2.75) is 44.2 Å². The van der Waals surface area contributed by atoms with E-state index in [2.05, 4.69) is 6.58 Å². The highest BCUT2D eigenvalue weighted by Gasteiger charge is 2.22. The molecule has 0 radical (unpaired) electrons. The highest BCUT2D eigenvalue weighted by molar-refractivity contribution is 5.75. The van der Waals surface area contributed by atoms with Gasteiger partial charge in [-0.2, -0.15) is 0 Å². The van der Waals surface area contributed by atoms with Crippen LogP contribution < -0.4 is 5.73 Å². The Labute approximate surface area is 78.9 Å². The Hall–Kier alpha value is -0.830. The first-order valence-corrected chi connectivity index (χ1v) is 4.81. The first-order chi connectivity index (χ1) is 6.24. The van der Waals surface area contributed by atoms with Crippen LogP contribution >= 0.6 is 0 Å². The molecule has 0 bridgehead atoms. The molecule has 3 nitrogen and oxygen atoms in total. The maximum Gasteiger partial charge on any atom is 0.323 e. The molecule has 0 aromatic rings. The minimum absolute atomic E-state index is 0.114. The Morgan fingerprint density at radius 1 is 1.62 bits per heavy atom. The summed E-state index contributed by atoms with van der Waals surface area (Å²) in [6.45, 7) is 3.53. The van der Waals surface area contributed by atoms with Crippen molar-refractivity contribution in [3.63, 3.8) is 0 Å². The van der Waals surface area contributed by atoms with E-state index < -0.39 is 6.04 Å². The van der Waals surface area contributed by atoms with Crippen molar-refractivity contribution < 1.29 is 9.53 Å². The summed E-state index contributed by atoms with van der Waals surface area (Å²) in [5, 5.41) is 0. The van der Waals surface area contributed by atoms with Gasteiger partial charge in [0.25, 0.3) is 0 Å². The largest absolute Gasteiger partial charge is 0.461 e. The fourth-order valence-electron chi connectivity index (χ4n) is 1.53. The Bertz CT molecular complexity index is 185. The van der Waals surface area contributed by atoms with Gasteiger partial charge in [-0.15, -0.1) is 6.58 Å². The van der Waals surface area contributed by atoms with Gasteiger partial charge in [0.15, 0.2) is 0 Å². The van der Waals surface area contributed by atoms with Crippen LogP contribution in [0, 0.1) is 0 Å². The summed E-state index contributed by atoms with van der Waals surface area (Å²) < 4.78 is 5.21. The summed E-state index contributed by atoms with van der Waals surface area (Å²) in [4.78, 5) is 11.3. The maximum atomic E-state index is 11.3. The molecule has 0 saturated heterocycles. The fourth-order valence-corrected chi connectivity index (χ4v) is 1.53. The number of rotatable bonds is 4. The van der Waals surface area contributed by atoms with Gasteiger partial charge in [-0.25, -0.2) is 0 Å². The quantitative estimate of drug-likeness (QED) is 0.529. The van der Waals surface area contributed by atoms with Crippen molar-refractivity contribution in [2.75, 3.05) is 0 Å². The average molecular weight is 183 g/mol. The maximum absolute atomic E-state index is 11.3. The van der Waals surface area contributed by atoms with Gasteiger partial charge in [0.2, 0.25) is 0 Å². The monoisotopic (exact) mass is 183 g/mol. The van der Waals surface area contributed by atoms with Gasteiger partial charge >= 0.3 is 5.97 Å². The zero-order valence-corrected chi connectivity index (χ0v) is 7.87. The van der Waals surface area contributed by atoms with Crippen LogP contribution in [0.5, 0.6) is 0 Å². The molecule has 0 aliphatic heterocycles. The van der Waals surface area contributed by atoms with E-state index in [-0.39, 0.29) is 12.1 Å². The van der Waals surface area contributed by atoms with Crippen LogP contribution in [0.15, 0.2) is 12.7 Å². The highest BCUT2D eigenvalue weighted by atomic mass is 16.5. The summed E-state index contributed by atoms with van der Waals surface area (Å²) in [6.07, 6.45) is 6.55. The van der Waals surface area contributed by atoms with Crippen molar-refractivity contribution in [3.8, 4) is 0 Å².